The fraction of sp³-hybridized carbons (Fsp3) is 1.00. The lowest BCUT2D eigenvalue weighted by Gasteiger charge is -2.47. The van der Waals surface area contributed by atoms with Crippen molar-refractivity contribution in [3.63, 3.8) is 0 Å². The Morgan fingerprint density at radius 2 is 1.16 bits per heavy atom. The van der Waals surface area contributed by atoms with Crippen LogP contribution in [0.15, 0.2) is 0 Å². The first-order valence-corrected chi connectivity index (χ1v) is 13.2. The van der Waals surface area contributed by atoms with Gasteiger partial charge in [-0.15, -0.1) is 0 Å². The molecular formula is C19H44O4Si2. The van der Waals surface area contributed by atoms with Crippen LogP contribution in [-0.4, -0.2) is 46.3 Å². The van der Waals surface area contributed by atoms with Crippen LogP contribution in [-0.2, 0) is 17.7 Å². The molecule has 1 fully saturated rings. The Morgan fingerprint density at radius 1 is 0.760 bits per heavy atom. The third kappa shape index (κ3) is 7.42. The Morgan fingerprint density at radius 3 is 1.40 bits per heavy atom. The molecule has 0 aliphatic heterocycles. The van der Waals surface area contributed by atoms with Crippen molar-refractivity contribution in [3.8, 4) is 0 Å². The molecule has 0 atom stereocenters. The zero-order valence-corrected chi connectivity index (χ0v) is 20.7. The lowest BCUT2D eigenvalue weighted by Crippen LogP contribution is -2.55. The predicted molar refractivity (Wildman–Crippen MR) is 112 cm³/mol. The molecule has 0 heterocycles. The molecule has 1 rings (SSSR count). The molecule has 1 aliphatic carbocycles. The highest BCUT2D eigenvalue weighted by molar-refractivity contribution is 6.73. The van der Waals surface area contributed by atoms with Crippen molar-refractivity contribution in [1.82, 2.24) is 0 Å². The summed E-state index contributed by atoms with van der Waals surface area (Å²) in [6.07, 6.45) is 7.06. The van der Waals surface area contributed by atoms with Crippen molar-refractivity contribution in [1.29, 1.82) is 0 Å². The summed E-state index contributed by atoms with van der Waals surface area (Å²) in [5.41, 5.74) is 0. The van der Waals surface area contributed by atoms with Gasteiger partial charge in [-0.3, -0.25) is 0 Å². The lowest BCUT2D eigenvalue weighted by atomic mass is 9.91. The fourth-order valence-electron chi connectivity index (χ4n) is 4.42. The Labute approximate surface area is 160 Å². The summed E-state index contributed by atoms with van der Waals surface area (Å²) >= 11 is 0. The average molecular weight is 393 g/mol. The lowest BCUT2D eigenvalue weighted by molar-refractivity contribution is 0.186. The first-order chi connectivity index (χ1) is 11.5. The molecule has 0 aromatic rings. The smallest absolute Gasteiger partial charge is 0.348 e. The van der Waals surface area contributed by atoms with Crippen LogP contribution < -0.4 is 0 Å². The van der Waals surface area contributed by atoms with E-state index in [9.17, 15) is 0 Å². The van der Waals surface area contributed by atoms with Crippen molar-refractivity contribution >= 4 is 17.8 Å². The molecule has 0 radical (unpaired) electrons. The molecule has 4 nitrogen and oxygen atoms in total. The van der Waals surface area contributed by atoms with E-state index < -0.39 is 17.8 Å². The largest absolute Gasteiger partial charge is 0.400 e. The molecular weight excluding hydrogens is 348 g/mol. The van der Waals surface area contributed by atoms with Crippen LogP contribution in [0.5, 0.6) is 0 Å². The van der Waals surface area contributed by atoms with E-state index in [1.807, 2.05) is 0 Å². The molecule has 0 N–H and O–H groups in total. The van der Waals surface area contributed by atoms with Crippen molar-refractivity contribution < 1.29 is 17.7 Å². The van der Waals surface area contributed by atoms with E-state index in [2.05, 4.69) is 41.5 Å². The Balaban J connectivity index is 0.000000462. The summed E-state index contributed by atoms with van der Waals surface area (Å²) in [6.45, 7) is 13.2. The van der Waals surface area contributed by atoms with Crippen LogP contribution in [0.25, 0.3) is 0 Å². The third-order valence-electron chi connectivity index (χ3n) is 5.33. The van der Waals surface area contributed by atoms with Crippen LogP contribution >= 0.6 is 0 Å². The van der Waals surface area contributed by atoms with Gasteiger partial charge >= 0.3 is 17.8 Å². The molecule has 0 aromatic carbocycles. The molecule has 1 aliphatic rings. The van der Waals surface area contributed by atoms with Crippen molar-refractivity contribution in [2.45, 2.75) is 89.8 Å². The Hall–Kier alpha value is 0.274. The molecule has 25 heavy (non-hydrogen) atoms. The zero-order chi connectivity index (χ0) is 19.7. The minimum absolute atomic E-state index is 0.0920. The fourth-order valence-corrected chi connectivity index (χ4v) is 10.9. The standard InChI is InChI=1S/C10H24O2Si.C9H20O2Si/c1-9(2,3)13(11-7,12-8)10(4,5)6;1-10-12(11-2)8-9-6-4-3-5-7-9/h1-8H3;9,12H,3-8H2,1-2H3. The summed E-state index contributed by atoms with van der Waals surface area (Å²) in [5.74, 6) is 0.898. The van der Waals surface area contributed by atoms with Crippen LogP contribution in [0.2, 0.25) is 16.1 Å². The summed E-state index contributed by atoms with van der Waals surface area (Å²) < 4.78 is 22.1. The number of hydrogen-bond donors (Lipinski definition) is 0. The van der Waals surface area contributed by atoms with Gasteiger partial charge in [0.25, 0.3) is 0 Å². The second-order valence-corrected chi connectivity index (χ2v) is 16.5. The van der Waals surface area contributed by atoms with Gasteiger partial charge in [0.15, 0.2) is 0 Å². The van der Waals surface area contributed by atoms with E-state index in [1.165, 1.54) is 38.1 Å². The van der Waals surface area contributed by atoms with E-state index >= 15 is 0 Å². The van der Waals surface area contributed by atoms with Crippen molar-refractivity contribution in [2.75, 3.05) is 28.4 Å². The van der Waals surface area contributed by atoms with E-state index in [4.69, 9.17) is 17.7 Å². The SMILES string of the molecule is CO[SiH](CC1CCCCC1)OC.CO[Si](OC)(C(C)(C)C)C(C)(C)C. The summed E-state index contributed by atoms with van der Waals surface area (Å²) in [6, 6.07) is 1.22. The molecule has 6 heteroatoms. The van der Waals surface area contributed by atoms with Gasteiger partial charge < -0.3 is 17.7 Å². The van der Waals surface area contributed by atoms with Crippen molar-refractivity contribution in [2.24, 2.45) is 5.92 Å². The van der Waals surface area contributed by atoms with Gasteiger partial charge in [-0.05, 0) is 12.0 Å². The van der Waals surface area contributed by atoms with Crippen LogP contribution in [0.3, 0.4) is 0 Å². The molecule has 0 aromatic heterocycles. The maximum Gasteiger partial charge on any atom is 0.348 e. The Kier molecular flexibility index (Phi) is 11.3. The molecule has 0 bridgehead atoms. The van der Waals surface area contributed by atoms with Gasteiger partial charge in [-0.2, -0.15) is 0 Å². The summed E-state index contributed by atoms with van der Waals surface area (Å²) in [5, 5.41) is 0.184. The minimum atomic E-state index is -2.15. The minimum Gasteiger partial charge on any atom is -0.400 e. The second-order valence-electron chi connectivity index (χ2n) is 9.17. The maximum absolute atomic E-state index is 5.73. The molecule has 0 unspecified atom stereocenters. The second kappa shape index (κ2) is 11.2. The van der Waals surface area contributed by atoms with E-state index in [-0.39, 0.29) is 10.1 Å². The van der Waals surface area contributed by atoms with Gasteiger partial charge in [-0.25, -0.2) is 0 Å². The summed E-state index contributed by atoms with van der Waals surface area (Å²) in [7, 11) is 3.69. The van der Waals surface area contributed by atoms with Gasteiger partial charge in [0.1, 0.15) is 0 Å². The van der Waals surface area contributed by atoms with Crippen molar-refractivity contribution in [3.05, 3.63) is 0 Å². The van der Waals surface area contributed by atoms with E-state index in [0.717, 1.165) is 5.92 Å². The van der Waals surface area contributed by atoms with E-state index in [1.54, 1.807) is 28.4 Å². The average Bonchev–Trinajstić information content (AvgIpc) is 2.53. The maximum atomic E-state index is 5.73. The Bertz CT molecular complexity index is 320. The highest BCUT2D eigenvalue weighted by atomic mass is 28.4. The van der Waals surface area contributed by atoms with Crippen LogP contribution in [0, 0.1) is 5.92 Å². The topological polar surface area (TPSA) is 36.9 Å². The number of rotatable bonds is 6. The number of hydrogen-bond acceptors (Lipinski definition) is 4. The zero-order valence-electron chi connectivity index (χ0n) is 18.5. The van der Waals surface area contributed by atoms with Gasteiger partial charge in [-0.1, -0.05) is 73.6 Å². The van der Waals surface area contributed by atoms with Gasteiger partial charge in [0.05, 0.1) is 0 Å². The highest BCUT2D eigenvalue weighted by Gasteiger charge is 2.56. The third-order valence-corrected chi connectivity index (χ3v) is 12.5. The highest BCUT2D eigenvalue weighted by Crippen LogP contribution is 2.51. The molecule has 0 spiro atoms. The summed E-state index contributed by atoms with van der Waals surface area (Å²) in [4.78, 5) is 0. The van der Waals surface area contributed by atoms with Crippen LogP contribution in [0.4, 0.5) is 0 Å². The van der Waals surface area contributed by atoms with Gasteiger partial charge in [0.2, 0.25) is 0 Å². The molecule has 1 saturated carbocycles. The molecule has 152 valence electrons. The quantitative estimate of drug-likeness (QED) is 0.567. The van der Waals surface area contributed by atoms with E-state index in [0.29, 0.717) is 0 Å². The predicted octanol–water partition coefficient (Wildman–Crippen LogP) is 5.40. The molecule has 0 amide bonds. The first-order valence-electron chi connectivity index (χ1n) is 9.65. The van der Waals surface area contributed by atoms with Crippen LogP contribution in [0.1, 0.15) is 73.6 Å². The molecule has 0 saturated heterocycles. The van der Waals surface area contributed by atoms with Gasteiger partial charge in [0, 0.05) is 38.5 Å². The normalized spacial score (nSPS) is 17.4. The monoisotopic (exact) mass is 392 g/mol. The first kappa shape index (κ1) is 25.3.